The van der Waals surface area contributed by atoms with E-state index in [9.17, 15) is 0 Å². The molecule has 84 valence electrons. The minimum atomic E-state index is -1.26. The third kappa shape index (κ3) is 5.78. The van der Waals surface area contributed by atoms with Crippen molar-refractivity contribution in [2.24, 2.45) is 0 Å². The Morgan fingerprint density at radius 2 is 1.79 bits per heavy atom. The number of hydrogen-bond acceptors (Lipinski definition) is 2. The lowest BCUT2D eigenvalue weighted by Gasteiger charge is -2.16. The largest absolute Gasteiger partial charge is 0.418 e. The van der Waals surface area contributed by atoms with Crippen molar-refractivity contribution in [3.63, 3.8) is 0 Å². The maximum absolute atomic E-state index is 5.78. The summed E-state index contributed by atoms with van der Waals surface area (Å²) < 4.78 is 11.1. The Bertz CT molecular complexity index is 165. The molecular formula is C11H24O2Si. The van der Waals surface area contributed by atoms with Crippen LogP contribution in [0.4, 0.5) is 0 Å². The van der Waals surface area contributed by atoms with Gasteiger partial charge in [-0.15, -0.1) is 0 Å². The standard InChI is InChI=1S/C11H24O2Si/c1-10-11(13-10)8-6-5-7-9-12-14(2,3)4/h10-11H,5-9H2,1-4H3. The van der Waals surface area contributed by atoms with Gasteiger partial charge in [-0.1, -0.05) is 12.8 Å². The fourth-order valence-corrected chi connectivity index (χ4v) is 2.29. The fraction of sp³-hybridized carbons (Fsp3) is 1.00. The van der Waals surface area contributed by atoms with Gasteiger partial charge in [0.2, 0.25) is 0 Å². The van der Waals surface area contributed by atoms with Gasteiger partial charge >= 0.3 is 0 Å². The highest BCUT2D eigenvalue weighted by atomic mass is 28.4. The van der Waals surface area contributed by atoms with E-state index < -0.39 is 8.32 Å². The number of epoxide rings is 1. The molecule has 1 heterocycles. The Kier molecular flexibility index (Phi) is 4.61. The van der Waals surface area contributed by atoms with Crippen molar-refractivity contribution in [2.75, 3.05) is 6.61 Å². The molecule has 2 atom stereocenters. The van der Waals surface area contributed by atoms with E-state index in [0.717, 1.165) is 6.61 Å². The maximum Gasteiger partial charge on any atom is 0.183 e. The first-order valence-electron chi connectivity index (χ1n) is 5.78. The van der Waals surface area contributed by atoms with Crippen LogP contribution in [-0.4, -0.2) is 27.1 Å². The quantitative estimate of drug-likeness (QED) is 0.370. The monoisotopic (exact) mass is 216 g/mol. The fourth-order valence-electron chi connectivity index (χ4n) is 1.54. The van der Waals surface area contributed by atoms with Gasteiger partial charge in [-0.05, 0) is 39.4 Å². The molecular weight excluding hydrogens is 192 g/mol. The molecule has 1 aliphatic rings. The minimum Gasteiger partial charge on any atom is -0.418 e. The predicted molar refractivity (Wildman–Crippen MR) is 62.1 cm³/mol. The van der Waals surface area contributed by atoms with E-state index in [1.54, 1.807) is 0 Å². The maximum atomic E-state index is 5.78. The van der Waals surface area contributed by atoms with Gasteiger partial charge in [0.15, 0.2) is 8.32 Å². The van der Waals surface area contributed by atoms with Crippen molar-refractivity contribution in [2.45, 2.75) is 64.5 Å². The Labute approximate surface area is 89.1 Å². The number of hydrogen-bond donors (Lipinski definition) is 0. The van der Waals surface area contributed by atoms with Crippen LogP contribution in [0.15, 0.2) is 0 Å². The van der Waals surface area contributed by atoms with E-state index in [0.29, 0.717) is 12.2 Å². The van der Waals surface area contributed by atoms with Crippen LogP contribution in [0.2, 0.25) is 19.6 Å². The van der Waals surface area contributed by atoms with Crippen LogP contribution in [0.1, 0.15) is 32.6 Å². The zero-order valence-electron chi connectivity index (χ0n) is 10.0. The summed E-state index contributed by atoms with van der Waals surface area (Å²) in [6.07, 6.45) is 6.15. The summed E-state index contributed by atoms with van der Waals surface area (Å²) in [6, 6.07) is 0. The second kappa shape index (κ2) is 5.28. The van der Waals surface area contributed by atoms with Crippen molar-refractivity contribution in [3.05, 3.63) is 0 Å². The molecule has 0 spiro atoms. The summed E-state index contributed by atoms with van der Waals surface area (Å²) in [7, 11) is -1.26. The molecule has 0 aromatic carbocycles. The summed E-state index contributed by atoms with van der Waals surface area (Å²) >= 11 is 0. The first-order chi connectivity index (χ1) is 6.49. The highest BCUT2D eigenvalue weighted by Gasteiger charge is 2.32. The first kappa shape index (κ1) is 12.2. The van der Waals surface area contributed by atoms with Crippen molar-refractivity contribution in [3.8, 4) is 0 Å². The van der Waals surface area contributed by atoms with Gasteiger partial charge in [-0.3, -0.25) is 0 Å². The second-order valence-electron chi connectivity index (χ2n) is 5.19. The average molecular weight is 216 g/mol. The van der Waals surface area contributed by atoms with Gasteiger partial charge in [0.1, 0.15) is 0 Å². The van der Waals surface area contributed by atoms with Crippen LogP contribution in [0.25, 0.3) is 0 Å². The predicted octanol–water partition coefficient (Wildman–Crippen LogP) is 3.19. The molecule has 0 N–H and O–H groups in total. The summed E-state index contributed by atoms with van der Waals surface area (Å²) in [4.78, 5) is 0. The van der Waals surface area contributed by atoms with Gasteiger partial charge in [0.25, 0.3) is 0 Å². The summed E-state index contributed by atoms with van der Waals surface area (Å²) in [5.74, 6) is 0. The van der Waals surface area contributed by atoms with Crippen molar-refractivity contribution < 1.29 is 9.16 Å². The van der Waals surface area contributed by atoms with E-state index in [1.165, 1.54) is 25.7 Å². The highest BCUT2D eigenvalue weighted by molar-refractivity contribution is 6.69. The number of ether oxygens (including phenoxy) is 1. The van der Waals surface area contributed by atoms with E-state index >= 15 is 0 Å². The third-order valence-corrected chi connectivity index (χ3v) is 3.57. The molecule has 14 heavy (non-hydrogen) atoms. The van der Waals surface area contributed by atoms with Gasteiger partial charge < -0.3 is 9.16 Å². The Hall–Kier alpha value is 0.137. The van der Waals surface area contributed by atoms with Crippen molar-refractivity contribution >= 4 is 8.32 Å². The molecule has 0 aromatic rings. The molecule has 0 amide bonds. The third-order valence-electron chi connectivity index (χ3n) is 2.50. The summed E-state index contributed by atoms with van der Waals surface area (Å²) in [5.41, 5.74) is 0. The van der Waals surface area contributed by atoms with Crippen LogP contribution >= 0.6 is 0 Å². The molecule has 1 saturated heterocycles. The Balaban J connectivity index is 1.80. The lowest BCUT2D eigenvalue weighted by atomic mass is 10.1. The van der Waals surface area contributed by atoms with Gasteiger partial charge in [0.05, 0.1) is 12.2 Å². The van der Waals surface area contributed by atoms with E-state index in [1.807, 2.05) is 0 Å². The molecule has 1 aliphatic heterocycles. The molecule has 0 saturated carbocycles. The van der Waals surface area contributed by atoms with Gasteiger partial charge in [-0.25, -0.2) is 0 Å². The van der Waals surface area contributed by atoms with Crippen LogP contribution in [-0.2, 0) is 9.16 Å². The Morgan fingerprint density at radius 3 is 2.29 bits per heavy atom. The molecule has 3 heteroatoms. The average Bonchev–Trinajstić information content (AvgIpc) is 2.72. The topological polar surface area (TPSA) is 21.8 Å². The number of unbranched alkanes of at least 4 members (excludes halogenated alkanes) is 2. The van der Waals surface area contributed by atoms with Crippen LogP contribution in [0, 0.1) is 0 Å². The molecule has 0 radical (unpaired) electrons. The van der Waals surface area contributed by atoms with E-state index in [2.05, 4.69) is 26.6 Å². The summed E-state index contributed by atoms with van der Waals surface area (Å²) in [6.45, 7) is 9.84. The van der Waals surface area contributed by atoms with E-state index in [-0.39, 0.29) is 0 Å². The van der Waals surface area contributed by atoms with Crippen LogP contribution in [0.5, 0.6) is 0 Å². The zero-order chi connectivity index (χ0) is 10.6. The molecule has 1 fully saturated rings. The van der Waals surface area contributed by atoms with Crippen molar-refractivity contribution in [1.29, 1.82) is 0 Å². The molecule has 0 aromatic heterocycles. The molecule has 2 unspecified atom stereocenters. The van der Waals surface area contributed by atoms with Gasteiger partial charge in [-0.2, -0.15) is 0 Å². The lowest BCUT2D eigenvalue weighted by molar-refractivity contribution is 0.296. The smallest absolute Gasteiger partial charge is 0.183 e. The van der Waals surface area contributed by atoms with E-state index in [4.69, 9.17) is 9.16 Å². The molecule has 1 rings (SSSR count). The van der Waals surface area contributed by atoms with Crippen LogP contribution < -0.4 is 0 Å². The highest BCUT2D eigenvalue weighted by Crippen LogP contribution is 2.26. The lowest BCUT2D eigenvalue weighted by Crippen LogP contribution is -2.25. The number of rotatable bonds is 7. The molecule has 0 aliphatic carbocycles. The normalized spacial score (nSPS) is 26.6. The first-order valence-corrected chi connectivity index (χ1v) is 9.19. The van der Waals surface area contributed by atoms with Crippen molar-refractivity contribution in [1.82, 2.24) is 0 Å². The SMILES string of the molecule is CC1OC1CCCCCO[Si](C)(C)C. The Morgan fingerprint density at radius 1 is 1.14 bits per heavy atom. The van der Waals surface area contributed by atoms with Crippen LogP contribution in [0.3, 0.4) is 0 Å². The second-order valence-corrected chi connectivity index (χ2v) is 9.70. The zero-order valence-corrected chi connectivity index (χ0v) is 11.0. The minimum absolute atomic E-state index is 0.535. The molecule has 0 bridgehead atoms. The summed E-state index contributed by atoms with van der Waals surface area (Å²) in [5, 5.41) is 0. The molecule has 2 nitrogen and oxygen atoms in total. The van der Waals surface area contributed by atoms with Gasteiger partial charge in [0, 0.05) is 6.61 Å².